The molecule has 112 valence electrons. The number of aliphatic hydroxyl groups is 1. The fraction of sp³-hybridized carbons (Fsp3) is 0.467. The van der Waals surface area contributed by atoms with Crippen LogP contribution in [0.4, 0.5) is 10.1 Å². The SMILES string of the molecule is O=C1CCc2cc(C(=O)N3CCCC(O)C3)c(F)cc2N1. The second kappa shape index (κ2) is 5.44. The maximum atomic E-state index is 14.1. The van der Waals surface area contributed by atoms with Gasteiger partial charge in [-0.05, 0) is 37.0 Å². The monoisotopic (exact) mass is 292 g/mol. The van der Waals surface area contributed by atoms with Crippen molar-refractivity contribution in [3.8, 4) is 0 Å². The van der Waals surface area contributed by atoms with Gasteiger partial charge in [-0.3, -0.25) is 9.59 Å². The molecule has 0 spiro atoms. The van der Waals surface area contributed by atoms with Crippen LogP contribution in [-0.2, 0) is 11.2 Å². The summed E-state index contributed by atoms with van der Waals surface area (Å²) in [6.07, 6.45) is 1.69. The van der Waals surface area contributed by atoms with Crippen molar-refractivity contribution in [3.63, 3.8) is 0 Å². The number of carbonyl (C=O) groups is 2. The highest BCUT2D eigenvalue weighted by molar-refractivity contribution is 5.98. The first-order valence-corrected chi connectivity index (χ1v) is 7.14. The number of aliphatic hydroxyl groups excluding tert-OH is 1. The Bertz CT molecular complexity index is 603. The van der Waals surface area contributed by atoms with Crippen molar-refractivity contribution in [2.24, 2.45) is 0 Å². The quantitative estimate of drug-likeness (QED) is 0.820. The number of nitrogens with zero attached hydrogens (tertiary/aromatic N) is 1. The van der Waals surface area contributed by atoms with Crippen LogP contribution in [0.15, 0.2) is 12.1 Å². The van der Waals surface area contributed by atoms with Crippen molar-refractivity contribution in [1.82, 2.24) is 4.90 Å². The van der Waals surface area contributed by atoms with E-state index in [1.165, 1.54) is 17.0 Å². The number of nitrogens with one attached hydrogen (secondary N) is 1. The largest absolute Gasteiger partial charge is 0.391 e. The van der Waals surface area contributed by atoms with Crippen LogP contribution in [-0.4, -0.2) is 41.0 Å². The molecular weight excluding hydrogens is 275 g/mol. The van der Waals surface area contributed by atoms with E-state index in [4.69, 9.17) is 0 Å². The number of piperidine rings is 1. The van der Waals surface area contributed by atoms with Crippen molar-refractivity contribution < 1.29 is 19.1 Å². The van der Waals surface area contributed by atoms with Crippen molar-refractivity contribution >= 4 is 17.5 Å². The minimum atomic E-state index is -0.638. The fourth-order valence-corrected chi connectivity index (χ4v) is 2.88. The number of amides is 2. The Morgan fingerprint density at radius 3 is 2.95 bits per heavy atom. The van der Waals surface area contributed by atoms with Crippen LogP contribution < -0.4 is 5.32 Å². The first-order valence-electron chi connectivity index (χ1n) is 7.14. The third-order valence-electron chi connectivity index (χ3n) is 4.00. The molecule has 2 aliphatic heterocycles. The van der Waals surface area contributed by atoms with Gasteiger partial charge in [0.15, 0.2) is 0 Å². The summed E-state index contributed by atoms with van der Waals surface area (Å²) in [5, 5.41) is 12.2. The number of β-amino-alcohol motifs (C(OH)–C–C–N with tert-alkyl or cyclic N) is 1. The predicted octanol–water partition coefficient (Wildman–Crippen LogP) is 1.31. The molecular formula is C15H17FN2O3. The molecule has 0 aliphatic carbocycles. The van der Waals surface area contributed by atoms with E-state index in [0.29, 0.717) is 31.5 Å². The van der Waals surface area contributed by atoms with Crippen LogP contribution >= 0.6 is 0 Å². The lowest BCUT2D eigenvalue weighted by atomic mass is 9.98. The van der Waals surface area contributed by atoms with Crippen LogP contribution in [0.5, 0.6) is 0 Å². The average Bonchev–Trinajstić information content (AvgIpc) is 2.45. The maximum Gasteiger partial charge on any atom is 0.256 e. The van der Waals surface area contributed by atoms with Crippen molar-refractivity contribution in [1.29, 1.82) is 0 Å². The smallest absolute Gasteiger partial charge is 0.256 e. The summed E-state index contributed by atoms with van der Waals surface area (Å²) in [7, 11) is 0. The number of fused-ring (bicyclic) bond motifs is 1. The fourth-order valence-electron chi connectivity index (χ4n) is 2.88. The molecule has 1 saturated heterocycles. The molecule has 2 N–H and O–H groups in total. The van der Waals surface area contributed by atoms with Gasteiger partial charge in [0.1, 0.15) is 5.82 Å². The molecule has 1 aromatic rings. The molecule has 2 amide bonds. The first kappa shape index (κ1) is 14.0. The average molecular weight is 292 g/mol. The summed E-state index contributed by atoms with van der Waals surface area (Å²) in [5.74, 6) is -1.17. The number of carbonyl (C=O) groups excluding carboxylic acids is 2. The van der Waals surface area contributed by atoms with Crippen LogP contribution in [0.2, 0.25) is 0 Å². The molecule has 5 nitrogen and oxygen atoms in total. The minimum Gasteiger partial charge on any atom is -0.391 e. The van der Waals surface area contributed by atoms with Gasteiger partial charge in [-0.2, -0.15) is 0 Å². The minimum absolute atomic E-state index is 0.0130. The van der Waals surface area contributed by atoms with Crippen molar-refractivity contribution in [2.45, 2.75) is 31.8 Å². The Hall–Kier alpha value is -1.95. The summed E-state index contributed by atoms with van der Waals surface area (Å²) >= 11 is 0. The number of halogens is 1. The molecule has 0 saturated carbocycles. The Morgan fingerprint density at radius 1 is 1.38 bits per heavy atom. The molecule has 1 aromatic carbocycles. The molecule has 2 aliphatic rings. The number of aryl methyl sites for hydroxylation is 1. The summed E-state index contributed by atoms with van der Waals surface area (Å²) in [6.45, 7) is 0.773. The summed E-state index contributed by atoms with van der Waals surface area (Å²) in [4.78, 5) is 25.2. The summed E-state index contributed by atoms with van der Waals surface area (Å²) < 4.78 is 14.1. The van der Waals surface area contributed by atoms with Gasteiger partial charge in [0.2, 0.25) is 5.91 Å². The summed E-state index contributed by atoms with van der Waals surface area (Å²) in [5.41, 5.74) is 1.23. The maximum absolute atomic E-state index is 14.1. The van der Waals surface area contributed by atoms with Gasteiger partial charge in [0.25, 0.3) is 5.91 Å². The van der Waals surface area contributed by atoms with Crippen LogP contribution in [0.25, 0.3) is 0 Å². The van der Waals surface area contributed by atoms with E-state index in [1.807, 2.05) is 0 Å². The second-order valence-corrected chi connectivity index (χ2v) is 5.58. The lowest BCUT2D eigenvalue weighted by molar-refractivity contribution is -0.116. The highest BCUT2D eigenvalue weighted by atomic mass is 19.1. The molecule has 3 rings (SSSR count). The van der Waals surface area contributed by atoms with Gasteiger partial charge in [0.05, 0.1) is 11.7 Å². The second-order valence-electron chi connectivity index (χ2n) is 5.58. The number of benzene rings is 1. The Labute approximate surface area is 121 Å². The molecule has 1 unspecified atom stereocenters. The first-order chi connectivity index (χ1) is 10.0. The lowest BCUT2D eigenvalue weighted by Gasteiger charge is -2.30. The zero-order valence-corrected chi connectivity index (χ0v) is 11.6. The lowest BCUT2D eigenvalue weighted by Crippen LogP contribution is -2.42. The van der Waals surface area contributed by atoms with Crippen molar-refractivity contribution in [2.75, 3.05) is 18.4 Å². The molecule has 0 aromatic heterocycles. The van der Waals surface area contributed by atoms with E-state index in [0.717, 1.165) is 12.0 Å². The third kappa shape index (κ3) is 2.76. The van der Waals surface area contributed by atoms with Crippen molar-refractivity contribution in [3.05, 3.63) is 29.1 Å². The molecule has 0 radical (unpaired) electrons. The van der Waals surface area contributed by atoms with E-state index < -0.39 is 17.8 Å². The van der Waals surface area contributed by atoms with Crippen LogP contribution in [0.3, 0.4) is 0 Å². The number of hydrogen-bond donors (Lipinski definition) is 2. The number of likely N-dealkylation sites (tertiary alicyclic amines) is 1. The molecule has 6 heteroatoms. The van der Waals surface area contributed by atoms with E-state index in [9.17, 15) is 19.1 Å². The molecule has 21 heavy (non-hydrogen) atoms. The van der Waals surface area contributed by atoms with Crippen LogP contribution in [0.1, 0.15) is 35.2 Å². The normalized spacial score (nSPS) is 21.7. The summed E-state index contributed by atoms with van der Waals surface area (Å²) in [6, 6.07) is 2.73. The number of anilines is 1. The Balaban J connectivity index is 1.88. The molecule has 1 atom stereocenters. The van der Waals surface area contributed by atoms with Gasteiger partial charge >= 0.3 is 0 Å². The zero-order valence-electron chi connectivity index (χ0n) is 11.6. The number of rotatable bonds is 1. The van der Waals surface area contributed by atoms with Gasteiger partial charge < -0.3 is 15.3 Å². The van der Waals surface area contributed by atoms with E-state index >= 15 is 0 Å². The van der Waals surface area contributed by atoms with E-state index in [2.05, 4.69) is 5.32 Å². The highest BCUT2D eigenvalue weighted by Gasteiger charge is 2.27. The van der Waals surface area contributed by atoms with Gasteiger partial charge in [-0.1, -0.05) is 0 Å². The Morgan fingerprint density at radius 2 is 2.19 bits per heavy atom. The highest BCUT2D eigenvalue weighted by Crippen LogP contribution is 2.27. The molecule has 1 fully saturated rings. The van der Waals surface area contributed by atoms with Gasteiger partial charge in [0, 0.05) is 25.2 Å². The zero-order chi connectivity index (χ0) is 15.0. The number of hydrogen-bond acceptors (Lipinski definition) is 3. The Kier molecular flexibility index (Phi) is 3.63. The van der Waals surface area contributed by atoms with Gasteiger partial charge in [-0.15, -0.1) is 0 Å². The third-order valence-corrected chi connectivity index (χ3v) is 4.00. The standard InChI is InChI=1S/C15H17FN2O3/c16-12-7-13-9(3-4-14(20)17-13)6-11(12)15(21)18-5-1-2-10(19)8-18/h6-7,10,19H,1-5,8H2,(H,17,20). The van der Waals surface area contributed by atoms with E-state index in [1.54, 1.807) is 0 Å². The predicted molar refractivity (Wildman–Crippen MR) is 74.5 cm³/mol. The van der Waals surface area contributed by atoms with Gasteiger partial charge in [-0.25, -0.2) is 4.39 Å². The molecule has 0 bridgehead atoms. The molecule has 2 heterocycles. The van der Waals surface area contributed by atoms with E-state index in [-0.39, 0.29) is 18.0 Å². The topological polar surface area (TPSA) is 69.6 Å². The van der Waals surface area contributed by atoms with Crippen LogP contribution in [0, 0.1) is 5.82 Å².